The van der Waals surface area contributed by atoms with Crippen molar-refractivity contribution in [3.8, 4) is 0 Å². The van der Waals surface area contributed by atoms with Gasteiger partial charge in [0.25, 0.3) is 0 Å². The van der Waals surface area contributed by atoms with Crippen molar-refractivity contribution in [2.45, 2.75) is 18.8 Å². The van der Waals surface area contributed by atoms with Crippen molar-refractivity contribution in [2.24, 2.45) is 0 Å². The van der Waals surface area contributed by atoms with Crippen molar-refractivity contribution in [1.82, 2.24) is 19.7 Å². The molecule has 0 aliphatic carbocycles. The number of carbonyl (C=O) groups is 1. The molecule has 0 atom stereocenters. The van der Waals surface area contributed by atoms with Gasteiger partial charge in [-0.2, -0.15) is 0 Å². The Balaban J connectivity index is 2.49. The fourth-order valence-electron chi connectivity index (χ4n) is 1.01. The van der Waals surface area contributed by atoms with Gasteiger partial charge in [0, 0.05) is 27.1 Å². The van der Waals surface area contributed by atoms with Crippen molar-refractivity contribution < 1.29 is 4.79 Å². The Morgan fingerprint density at radius 3 is 2.93 bits per heavy atom. The number of rotatable bonds is 4. The zero-order valence-corrected chi connectivity index (χ0v) is 9.03. The second kappa shape index (κ2) is 4.95. The van der Waals surface area contributed by atoms with E-state index in [4.69, 9.17) is 11.6 Å². The van der Waals surface area contributed by atoms with Crippen LogP contribution in [0, 0.1) is 0 Å². The third kappa shape index (κ3) is 2.70. The molecule has 0 fully saturated rings. The highest BCUT2D eigenvalue weighted by Gasteiger charge is 2.06. The van der Waals surface area contributed by atoms with Crippen LogP contribution in [0.15, 0.2) is 6.33 Å². The SMILES string of the molecule is CN(C)C(=O)CCn1cnnc1CCl. The molecular weight excluding hydrogens is 204 g/mol. The highest BCUT2D eigenvalue weighted by Crippen LogP contribution is 2.01. The Kier molecular flexibility index (Phi) is 3.88. The van der Waals surface area contributed by atoms with Crippen LogP contribution in [-0.4, -0.2) is 39.7 Å². The van der Waals surface area contributed by atoms with E-state index in [2.05, 4.69) is 10.2 Å². The Hall–Kier alpha value is -1.10. The molecule has 0 bridgehead atoms. The molecule has 0 N–H and O–H groups in total. The third-order valence-electron chi connectivity index (χ3n) is 1.88. The first-order valence-electron chi connectivity index (χ1n) is 4.28. The fraction of sp³-hybridized carbons (Fsp3) is 0.625. The molecule has 1 heterocycles. The maximum atomic E-state index is 11.3. The number of aryl methyl sites for hydroxylation is 1. The Morgan fingerprint density at radius 2 is 2.36 bits per heavy atom. The second-order valence-corrected chi connectivity index (χ2v) is 3.38. The first-order chi connectivity index (χ1) is 6.65. The van der Waals surface area contributed by atoms with Gasteiger partial charge >= 0.3 is 0 Å². The first kappa shape index (κ1) is 11.0. The fourth-order valence-corrected chi connectivity index (χ4v) is 1.22. The van der Waals surface area contributed by atoms with Gasteiger partial charge in [0.1, 0.15) is 12.2 Å². The summed E-state index contributed by atoms with van der Waals surface area (Å²) in [7, 11) is 3.47. The Bertz CT molecular complexity index is 310. The summed E-state index contributed by atoms with van der Waals surface area (Å²) < 4.78 is 1.79. The quantitative estimate of drug-likeness (QED) is 0.689. The summed E-state index contributed by atoms with van der Waals surface area (Å²) in [6.45, 7) is 0.575. The van der Waals surface area contributed by atoms with Crippen molar-refractivity contribution in [1.29, 1.82) is 0 Å². The van der Waals surface area contributed by atoms with Crippen LogP contribution in [0.25, 0.3) is 0 Å². The molecule has 1 amide bonds. The van der Waals surface area contributed by atoms with Crippen LogP contribution < -0.4 is 0 Å². The van der Waals surface area contributed by atoms with Crippen molar-refractivity contribution in [3.05, 3.63) is 12.2 Å². The van der Waals surface area contributed by atoms with Gasteiger partial charge in [-0.25, -0.2) is 0 Å². The standard InChI is InChI=1S/C8H13ClN4O/c1-12(2)8(14)3-4-13-6-10-11-7(13)5-9/h6H,3-5H2,1-2H3. The maximum Gasteiger partial charge on any atom is 0.223 e. The molecule has 0 radical (unpaired) electrons. The highest BCUT2D eigenvalue weighted by atomic mass is 35.5. The molecule has 5 nitrogen and oxygen atoms in total. The largest absolute Gasteiger partial charge is 0.349 e. The van der Waals surface area contributed by atoms with Gasteiger partial charge in [-0.15, -0.1) is 21.8 Å². The van der Waals surface area contributed by atoms with Gasteiger partial charge in [0.2, 0.25) is 5.91 Å². The van der Waals surface area contributed by atoms with E-state index in [1.165, 1.54) is 0 Å². The van der Waals surface area contributed by atoms with Gasteiger partial charge in [-0.05, 0) is 0 Å². The normalized spacial score (nSPS) is 10.2. The predicted octanol–water partition coefficient (Wildman–Crippen LogP) is 0.495. The molecule has 1 aromatic rings. The Labute approximate surface area is 87.7 Å². The van der Waals surface area contributed by atoms with Gasteiger partial charge in [0.15, 0.2) is 0 Å². The number of aromatic nitrogens is 3. The molecule has 0 aliphatic rings. The van der Waals surface area contributed by atoms with Crippen LogP contribution in [0.2, 0.25) is 0 Å². The molecule has 1 rings (SSSR count). The van der Waals surface area contributed by atoms with Crippen molar-refractivity contribution in [2.75, 3.05) is 14.1 Å². The first-order valence-corrected chi connectivity index (χ1v) is 4.81. The summed E-state index contributed by atoms with van der Waals surface area (Å²) in [5.41, 5.74) is 0. The monoisotopic (exact) mass is 216 g/mol. The van der Waals surface area contributed by atoms with Gasteiger partial charge < -0.3 is 9.47 Å². The summed E-state index contributed by atoms with van der Waals surface area (Å²) in [6.07, 6.45) is 2.02. The number of carbonyl (C=O) groups excluding carboxylic acids is 1. The number of hydrogen-bond donors (Lipinski definition) is 0. The van der Waals surface area contributed by atoms with Crippen molar-refractivity contribution in [3.63, 3.8) is 0 Å². The van der Waals surface area contributed by atoms with Gasteiger partial charge in [-0.3, -0.25) is 4.79 Å². The lowest BCUT2D eigenvalue weighted by Crippen LogP contribution is -2.23. The van der Waals surface area contributed by atoms with E-state index < -0.39 is 0 Å². The molecule has 0 spiro atoms. The third-order valence-corrected chi connectivity index (χ3v) is 2.12. The summed E-state index contributed by atoms with van der Waals surface area (Å²) in [5.74, 6) is 1.09. The number of nitrogens with zero attached hydrogens (tertiary/aromatic N) is 4. The second-order valence-electron chi connectivity index (χ2n) is 3.11. The van der Waals surface area contributed by atoms with Crippen LogP contribution in [0.4, 0.5) is 0 Å². The summed E-state index contributed by atoms with van der Waals surface area (Å²) >= 11 is 5.63. The van der Waals surface area contributed by atoms with E-state index in [9.17, 15) is 4.79 Å². The molecule has 1 aromatic heterocycles. The summed E-state index contributed by atoms with van der Waals surface area (Å²) in [5, 5.41) is 7.53. The van der Waals surface area contributed by atoms with E-state index >= 15 is 0 Å². The molecule has 78 valence electrons. The summed E-state index contributed by atoms with van der Waals surface area (Å²) in [4.78, 5) is 12.8. The molecule has 0 aromatic carbocycles. The van der Waals surface area contributed by atoms with E-state index in [1.807, 2.05) is 0 Å². The number of amides is 1. The smallest absolute Gasteiger partial charge is 0.223 e. The van der Waals surface area contributed by atoms with Crippen LogP contribution in [-0.2, 0) is 17.2 Å². The molecule has 0 unspecified atom stereocenters. The number of hydrogen-bond acceptors (Lipinski definition) is 3. The number of halogens is 1. The lowest BCUT2D eigenvalue weighted by atomic mass is 10.4. The van der Waals surface area contributed by atoms with E-state index in [1.54, 1.807) is 29.9 Å². The van der Waals surface area contributed by atoms with Crippen LogP contribution in [0.5, 0.6) is 0 Å². The maximum absolute atomic E-state index is 11.3. The van der Waals surface area contributed by atoms with E-state index in [0.717, 1.165) is 0 Å². The molecule has 0 saturated carbocycles. The number of alkyl halides is 1. The predicted molar refractivity (Wildman–Crippen MR) is 52.9 cm³/mol. The molecular formula is C8H13ClN4O. The minimum absolute atomic E-state index is 0.0826. The lowest BCUT2D eigenvalue weighted by molar-refractivity contribution is -0.128. The Morgan fingerprint density at radius 1 is 1.64 bits per heavy atom. The van der Waals surface area contributed by atoms with Crippen LogP contribution >= 0.6 is 11.6 Å². The van der Waals surface area contributed by atoms with E-state index in [0.29, 0.717) is 24.7 Å². The van der Waals surface area contributed by atoms with Gasteiger partial charge in [0.05, 0.1) is 5.88 Å². The van der Waals surface area contributed by atoms with E-state index in [-0.39, 0.29) is 5.91 Å². The summed E-state index contributed by atoms with van der Waals surface area (Å²) in [6, 6.07) is 0. The molecule has 0 aliphatic heterocycles. The minimum Gasteiger partial charge on any atom is -0.349 e. The molecule has 6 heteroatoms. The average Bonchev–Trinajstić information content (AvgIpc) is 2.60. The minimum atomic E-state index is 0.0826. The van der Waals surface area contributed by atoms with Crippen LogP contribution in [0.1, 0.15) is 12.2 Å². The zero-order valence-electron chi connectivity index (χ0n) is 8.27. The lowest BCUT2D eigenvalue weighted by Gasteiger charge is -2.10. The topological polar surface area (TPSA) is 51.0 Å². The highest BCUT2D eigenvalue weighted by molar-refractivity contribution is 6.16. The van der Waals surface area contributed by atoms with Crippen molar-refractivity contribution >= 4 is 17.5 Å². The van der Waals surface area contributed by atoms with Gasteiger partial charge in [-0.1, -0.05) is 0 Å². The average molecular weight is 217 g/mol. The zero-order chi connectivity index (χ0) is 10.6. The molecule has 14 heavy (non-hydrogen) atoms. The van der Waals surface area contributed by atoms with Crippen LogP contribution in [0.3, 0.4) is 0 Å². The molecule has 0 saturated heterocycles.